The van der Waals surface area contributed by atoms with Crippen molar-refractivity contribution in [1.82, 2.24) is 14.3 Å². The highest BCUT2D eigenvalue weighted by Gasteiger charge is 2.29. The van der Waals surface area contributed by atoms with Crippen molar-refractivity contribution in [3.63, 3.8) is 0 Å². The van der Waals surface area contributed by atoms with Crippen LogP contribution in [-0.4, -0.2) is 76.3 Å². The number of ether oxygens (including phenoxy) is 2. The van der Waals surface area contributed by atoms with Crippen molar-refractivity contribution in [3.8, 4) is 0 Å². The van der Waals surface area contributed by atoms with Crippen molar-refractivity contribution >= 4 is 52.1 Å². The molecule has 1 aliphatic heterocycles. The number of aryl methyl sites for hydroxylation is 3. The summed E-state index contributed by atoms with van der Waals surface area (Å²) >= 11 is 1.70. The summed E-state index contributed by atoms with van der Waals surface area (Å²) in [4.78, 5) is 21.7. The molecule has 1 N–H and O–H groups in total. The van der Waals surface area contributed by atoms with E-state index in [4.69, 9.17) is 38.0 Å². The molecule has 1 aromatic heterocycles. The topological polar surface area (TPSA) is 68.6 Å². The van der Waals surface area contributed by atoms with Gasteiger partial charge in [0.15, 0.2) is 0 Å². The summed E-state index contributed by atoms with van der Waals surface area (Å²) in [5, 5.41) is -1.11. The molecule has 2 aliphatic rings. The predicted octanol–water partition coefficient (Wildman–Crippen LogP) is 2.74. The molecule has 2 atom stereocenters. The van der Waals surface area contributed by atoms with Crippen LogP contribution in [0.15, 0.2) is 46.1 Å². The first kappa shape index (κ1) is 28.3. The van der Waals surface area contributed by atoms with Gasteiger partial charge in [0.1, 0.15) is 11.9 Å². The van der Waals surface area contributed by atoms with Gasteiger partial charge in [-0.3, -0.25) is 14.1 Å². The number of hydrogen-bond acceptors (Lipinski definition) is 7. The zero-order chi connectivity index (χ0) is 27.7. The molecule has 1 aliphatic carbocycles. The number of morpholine rings is 1. The van der Waals surface area contributed by atoms with Crippen LogP contribution >= 0.6 is 11.9 Å². The Morgan fingerprint density at radius 2 is 2.00 bits per heavy atom. The van der Waals surface area contributed by atoms with Crippen LogP contribution in [-0.2, 0) is 22.4 Å². The minimum atomic E-state index is -1.72. The monoisotopic (exact) mass is 538 g/mol. The molecular formula is C28H33B3N4O3S. The number of nitrogens with one attached hydrogen (secondary N) is 1. The van der Waals surface area contributed by atoms with Crippen LogP contribution in [0.1, 0.15) is 36.7 Å². The van der Waals surface area contributed by atoms with Gasteiger partial charge in [-0.25, -0.2) is 4.98 Å². The lowest BCUT2D eigenvalue weighted by atomic mass is 9.52. The summed E-state index contributed by atoms with van der Waals surface area (Å²) in [5.41, 5.74) is 4.11. The average Bonchev–Trinajstić information content (AvgIpc) is 3.72. The van der Waals surface area contributed by atoms with Crippen LogP contribution in [0.4, 0.5) is 5.69 Å². The maximum absolute atomic E-state index is 13.5. The van der Waals surface area contributed by atoms with E-state index in [9.17, 15) is 4.79 Å². The molecule has 2 heterocycles. The van der Waals surface area contributed by atoms with Crippen molar-refractivity contribution in [2.24, 2.45) is 0 Å². The highest BCUT2D eigenvalue weighted by Crippen LogP contribution is 2.27. The van der Waals surface area contributed by atoms with Gasteiger partial charge in [0.25, 0.3) is 5.56 Å². The highest BCUT2D eigenvalue weighted by molar-refractivity contribution is 7.97. The number of fused-ring (bicyclic) bond motifs is 1. The number of benzene rings is 2. The summed E-state index contributed by atoms with van der Waals surface area (Å²) in [6.07, 6.45) is 2.66. The van der Waals surface area contributed by atoms with Gasteiger partial charge in [0.05, 0.1) is 47.2 Å². The van der Waals surface area contributed by atoms with Crippen molar-refractivity contribution in [1.29, 1.82) is 0 Å². The Bertz CT molecular complexity index is 1390. The minimum absolute atomic E-state index is 0.0189. The SMILES string of the molecule is [B]C([B])([B])OC(C)C1CN(c2ccc3c(=O)n(CCc4ccc(SNC5CC5)cc4C)c(C)nc3c2)CCO1. The molecule has 198 valence electrons. The number of rotatable bonds is 10. The summed E-state index contributed by atoms with van der Waals surface area (Å²) in [6, 6.07) is 13.0. The van der Waals surface area contributed by atoms with E-state index in [0.29, 0.717) is 49.0 Å². The van der Waals surface area contributed by atoms with Crippen LogP contribution in [0.3, 0.4) is 0 Å². The first-order valence-electron chi connectivity index (χ1n) is 13.5. The fourth-order valence-corrected chi connectivity index (χ4v) is 5.88. The number of hydrogen-bond donors (Lipinski definition) is 1. The summed E-state index contributed by atoms with van der Waals surface area (Å²) in [6.45, 7) is 8.25. The summed E-state index contributed by atoms with van der Waals surface area (Å²) in [7, 11) is 16.8. The van der Waals surface area contributed by atoms with Crippen LogP contribution in [0.5, 0.6) is 0 Å². The maximum atomic E-state index is 13.5. The number of anilines is 1. The van der Waals surface area contributed by atoms with Gasteiger partial charge in [0.2, 0.25) is 0 Å². The maximum Gasteiger partial charge on any atom is 0.261 e. The van der Waals surface area contributed by atoms with E-state index in [1.165, 1.54) is 28.9 Å². The molecule has 11 heteroatoms. The Hall–Kier alpha value is -2.20. The lowest BCUT2D eigenvalue weighted by Gasteiger charge is -2.39. The van der Waals surface area contributed by atoms with Gasteiger partial charge in [0, 0.05) is 36.3 Å². The van der Waals surface area contributed by atoms with E-state index in [1.54, 1.807) is 16.5 Å². The van der Waals surface area contributed by atoms with Crippen molar-refractivity contribution in [3.05, 3.63) is 63.7 Å². The van der Waals surface area contributed by atoms with Gasteiger partial charge in [-0.1, -0.05) is 6.07 Å². The Kier molecular flexibility index (Phi) is 8.52. The molecule has 3 aromatic rings. The fourth-order valence-electron chi connectivity index (χ4n) is 4.97. The minimum Gasteiger partial charge on any atom is -0.397 e. The average molecular weight is 538 g/mol. The van der Waals surface area contributed by atoms with E-state index in [1.807, 2.05) is 32.0 Å². The van der Waals surface area contributed by atoms with Crippen molar-refractivity contribution < 1.29 is 9.47 Å². The zero-order valence-corrected chi connectivity index (χ0v) is 23.7. The van der Waals surface area contributed by atoms with Gasteiger partial charge in [-0.05, 0) is 98.7 Å². The lowest BCUT2D eigenvalue weighted by molar-refractivity contribution is -0.0734. The van der Waals surface area contributed by atoms with Gasteiger partial charge in [-0.2, -0.15) is 0 Å². The molecule has 6 radical (unpaired) electrons. The van der Waals surface area contributed by atoms with E-state index < -0.39 is 5.30 Å². The molecule has 2 fully saturated rings. The lowest BCUT2D eigenvalue weighted by Crippen LogP contribution is -2.50. The van der Waals surface area contributed by atoms with Crippen LogP contribution in [0.25, 0.3) is 10.9 Å². The quantitative estimate of drug-likeness (QED) is 0.315. The smallest absolute Gasteiger partial charge is 0.261 e. The molecule has 1 saturated carbocycles. The second-order valence-electron chi connectivity index (χ2n) is 10.7. The molecule has 2 unspecified atom stereocenters. The Balaban J connectivity index is 1.28. The van der Waals surface area contributed by atoms with Crippen LogP contribution < -0.4 is 15.2 Å². The molecular weight excluding hydrogens is 505 g/mol. The molecule has 39 heavy (non-hydrogen) atoms. The van der Waals surface area contributed by atoms with Crippen molar-refractivity contribution in [2.45, 2.75) is 75.0 Å². The van der Waals surface area contributed by atoms with Gasteiger partial charge >= 0.3 is 0 Å². The number of nitrogens with zero attached hydrogens (tertiary/aromatic N) is 3. The predicted molar refractivity (Wildman–Crippen MR) is 160 cm³/mol. The second kappa shape index (κ2) is 11.7. The third kappa shape index (κ3) is 7.12. The standard InChI is InChI=1S/C28H33B3N4O3S/c1-17-14-23(39-33-21-5-6-21)8-4-20(17)10-11-35-19(3)32-25-15-22(7-9-24(25)27(35)36)34-12-13-37-26(16-34)18(2)38-28(29,30)31/h4,7-9,14-15,18,21,26,33H,5-6,10-13,16H2,1-3H3. The molecule has 0 spiro atoms. The molecule has 7 nitrogen and oxygen atoms in total. The Morgan fingerprint density at radius 1 is 1.21 bits per heavy atom. The highest BCUT2D eigenvalue weighted by atomic mass is 32.2. The number of aromatic nitrogens is 2. The normalized spacial score (nSPS) is 18.9. The van der Waals surface area contributed by atoms with Gasteiger partial charge in [-0.15, -0.1) is 0 Å². The Morgan fingerprint density at radius 3 is 2.72 bits per heavy atom. The summed E-state index contributed by atoms with van der Waals surface area (Å²) < 4.78 is 16.6. The Labute approximate surface area is 238 Å². The molecule has 1 saturated heterocycles. The third-order valence-corrected chi connectivity index (χ3v) is 8.28. The molecule has 0 amide bonds. The third-order valence-electron chi connectivity index (χ3n) is 7.34. The molecule has 5 rings (SSSR count). The van der Waals surface area contributed by atoms with E-state index in [2.05, 4.69) is 34.7 Å². The van der Waals surface area contributed by atoms with E-state index in [0.717, 1.165) is 12.1 Å². The van der Waals surface area contributed by atoms with Gasteiger partial charge < -0.3 is 14.4 Å². The van der Waals surface area contributed by atoms with Crippen LogP contribution in [0, 0.1) is 13.8 Å². The summed E-state index contributed by atoms with van der Waals surface area (Å²) in [5.74, 6) is 0.704. The zero-order valence-electron chi connectivity index (χ0n) is 22.9. The van der Waals surface area contributed by atoms with E-state index >= 15 is 0 Å². The fraction of sp³-hybridized carbons (Fsp3) is 0.500. The largest absolute Gasteiger partial charge is 0.397 e. The molecule has 0 bridgehead atoms. The second-order valence-corrected chi connectivity index (χ2v) is 11.6. The first-order chi connectivity index (χ1) is 18.6. The van der Waals surface area contributed by atoms with Crippen LogP contribution in [0.2, 0.25) is 0 Å². The first-order valence-corrected chi connectivity index (χ1v) is 14.3. The van der Waals surface area contributed by atoms with E-state index in [-0.39, 0.29) is 17.8 Å². The van der Waals surface area contributed by atoms with Crippen molar-refractivity contribution in [2.75, 3.05) is 24.6 Å². The molecule has 2 aromatic carbocycles.